The van der Waals surface area contributed by atoms with Crippen LogP contribution in [0, 0.1) is 0 Å². The van der Waals surface area contributed by atoms with E-state index in [1.54, 1.807) is 0 Å². The highest BCUT2D eigenvalue weighted by Crippen LogP contribution is 2.13. The number of nitrogens with zero attached hydrogens (tertiary/aromatic N) is 3. The number of nitrogens with one attached hydrogen (secondary N) is 2. The number of hydrogen-bond donors (Lipinski definition) is 3. The molecule has 2 amide bonds. The number of aliphatic hydroxyl groups excluding tert-OH is 1. The summed E-state index contributed by atoms with van der Waals surface area (Å²) in [5.74, 6) is 1.78. The lowest BCUT2D eigenvalue weighted by Crippen LogP contribution is -2.40. The second-order valence-electron chi connectivity index (χ2n) is 6.05. The van der Waals surface area contributed by atoms with Crippen molar-refractivity contribution in [3.05, 3.63) is 47.5 Å². The predicted octanol–water partition coefficient (Wildman–Crippen LogP) is 1.02. The van der Waals surface area contributed by atoms with E-state index in [-0.39, 0.29) is 12.6 Å². The number of aryl methyl sites for hydroxylation is 1. The van der Waals surface area contributed by atoms with Crippen molar-refractivity contribution < 1.29 is 9.90 Å². The maximum atomic E-state index is 11.9. The van der Waals surface area contributed by atoms with Crippen LogP contribution in [0.1, 0.15) is 30.1 Å². The zero-order chi connectivity index (χ0) is 16.8. The molecular weight excluding hydrogens is 306 g/mol. The maximum absolute atomic E-state index is 11.9. The first-order valence-electron chi connectivity index (χ1n) is 8.37. The number of amides is 2. The Balaban J connectivity index is 1.40. The summed E-state index contributed by atoms with van der Waals surface area (Å²) in [6, 6.07) is 9.40. The topological polar surface area (TPSA) is 92.1 Å². The van der Waals surface area contributed by atoms with Crippen LogP contribution in [-0.4, -0.2) is 38.6 Å². The minimum absolute atomic E-state index is 0.207. The van der Waals surface area contributed by atoms with Gasteiger partial charge in [-0.25, -0.2) is 4.79 Å². The van der Waals surface area contributed by atoms with E-state index in [9.17, 15) is 9.90 Å². The molecule has 0 radical (unpaired) electrons. The minimum Gasteiger partial charge on any atom is -0.391 e. The van der Waals surface area contributed by atoms with Crippen LogP contribution in [0.3, 0.4) is 0 Å². The van der Waals surface area contributed by atoms with Crippen LogP contribution in [0.4, 0.5) is 4.79 Å². The molecule has 128 valence electrons. The molecule has 7 heteroatoms. The number of aromatic nitrogens is 3. The number of carbonyl (C=O) groups excluding carboxylic acids is 1. The summed E-state index contributed by atoms with van der Waals surface area (Å²) in [6.45, 7) is 1.46. The first kappa shape index (κ1) is 16.4. The quantitative estimate of drug-likeness (QED) is 0.738. The highest BCUT2D eigenvalue weighted by atomic mass is 16.3. The summed E-state index contributed by atoms with van der Waals surface area (Å²) in [6.07, 6.45) is 3.12. The van der Waals surface area contributed by atoms with Crippen molar-refractivity contribution in [2.45, 2.75) is 44.9 Å². The van der Waals surface area contributed by atoms with Crippen LogP contribution < -0.4 is 10.6 Å². The maximum Gasteiger partial charge on any atom is 0.315 e. The van der Waals surface area contributed by atoms with Crippen molar-refractivity contribution >= 4 is 6.03 Å². The van der Waals surface area contributed by atoms with Crippen LogP contribution in [0.15, 0.2) is 30.3 Å². The highest BCUT2D eigenvalue weighted by molar-refractivity contribution is 5.73. The van der Waals surface area contributed by atoms with E-state index in [1.807, 2.05) is 30.3 Å². The molecule has 2 aromatic rings. The van der Waals surface area contributed by atoms with E-state index < -0.39 is 6.10 Å². The van der Waals surface area contributed by atoms with Crippen LogP contribution in [0.25, 0.3) is 0 Å². The van der Waals surface area contributed by atoms with Gasteiger partial charge in [-0.3, -0.25) is 0 Å². The Labute approximate surface area is 141 Å². The van der Waals surface area contributed by atoms with E-state index in [4.69, 9.17) is 0 Å². The van der Waals surface area contributed by atoms with Gasteiger partial charge in [0.25, 0.3) is 0 Å². The molecule has 0 saturated heterocycles. The number of hydrogen-bond acceptors (Lipinski definition) is 4. The molecule has 1 aliphatic heterocycles. The summed E-state index contributed by atoms with van der Waals surface area (Å²) in [7, 11) is 0. The van der Waals surface area contributed by atoms with Crippen molar-refractivity contribution in [1.29, 1.82) is 0 Å². The number of urea groups is 1. The Morgan fingerprint density at radius 3 is 2.88 bits per heavy atom. The molecule has 0 spiro atoms. The van der Waals surface area contributed by atoms with Crippen LogP contribution in [-0.2, 0) is 25.9 Å². The van der Waals surface area contributed by atoms with E-state index in [1.165, 1.54) is 0 Å². The molecule has 2 heterocycles. The SMILES string of the molecule is O=C(NCc1nnc2n1CCCC2)NCC(O)Cc1ccccc1. The summed E-state index contributed by atoms with van der Waals surface area (Å²) >= 11 is 0. The van der Waals surface area contributed by atoms with Crippen LogP contribution >= 0.6 is 0 Å². The predicted molar refractivity (Wildman–Crippen MR) is 89.4 cm³/mol. The minimum atomic E-state index is -0.612. The molecule has 1 aromatic carbocycles. The van der Waals surface area contributed by atoms with E-state index in [2.05, 4.69) is 25.4 Å². The fraction of sp³-hybridized carbons (Fsp3) is 0.471. The molecule has 0 saturated carbocycles. The fourth-order valence-corrected chi connectivity index (χ4v) is 2.89. The van der Waals surface area contributed by atoms with Gasteiger partial charge in [0.2, 0.25) is 0 Å². The van der Waals surface area contributed by atoms with Crippen molar-refractivity contribution in [2.24, 2.45) is 0 Å². The standard InChI is InChI=1S/C17H23N5O2/c23-14(10-13-6-2-1-3-7-13)11-18-17(24)19-12-16-21-20-15-8-4-5-9-22(15)16/h1-3,6-7,14,23H,4-5,8-12H2,(H2,18,19,24). The third kappa shape index (κ3) is 4.32. The van der Waals surface area contributed by atoms with Gasteiger partial charge in [0.15, 0.2) is 5.82 Å². The van der Waals surface area contributed by atoms with Crippen molar-refractivity contribution in [3.8, 4) is 0 Å². The lowest BCUT2D eigenvalue weighted by atomic mass is 10.1. The second-order valence-corrected chi connectivity index (χ2v) is 6.05. The fourth-order valence-electron chi connectivity index (χ4n) is 2.89. The van der Waals surface area contributed by atoms with Gasteiger partial charge < -0.3 is 20.3 Å². The molecule has 3 rings (SSSR count). The van der Waals surface area contributed by atoms with Crippen LogP contribution in [0.5, 0.6) is 0 Å². The number of benzene rings is 1. The van der Waals surface area contributed by atoms with E-state index in [0.29, 0.717) is 13.0 Å². The van der Waals surface area contributed by atoms with E-state index >= 15 is 0 Å². The van der Waals surface area contributed by atoms with Gasteiger partial charge in [0.05, 0.1) is 12.6 Å². The molecule has 0 aliphatic carbocycles. The molecule has 24 heavy (non-hydrogen) atoms. The average molecular weight is 329 g/mol. The zero-order valence-electron chi connectivity index (χ0n) is 13.6. The molecule has 7 nitrogen and oxygen atoms in total. The third-order valence-electron chi connectivity index (χ3n) is 4.16. The van der Waals surface area contributed by atoms with Gasteiger partial charge >= 0.3 is 6.03 Å². The number of fused-ring (bicyclic) bond motifs is 1. The molecule has 1 atom stereocenters. The van der Waals surface area contributed by atoms with Gasteiger partial charge in [-0.15, -0.1) is 10.2 Å². The Morgan fingerprint density at radius 2 is 2.04 bits per heavy atom. The zero-order valence-corrected chi connectivity index (χ0v) is 13.6. The molecule has 1 unspecified atom stereocenters. The van der Waals surface area contributed by atoms with Gasteiger partial charge in [-0.1, -0.05) is 30.3 Å². The molecule has 1 aliphatic rings. The van der Waals surface area contributed by atoms with Crippen molar-refractivity contribution in [1.82, 2.24) is 25.4 Å². The van der Waals surface area contributed by atoms with Gasteiger partial charge in [0.1, 0.15) is 5.82 Å². The van der Waals surface area contributed by atoms with Gasteiger partial charge in [-0.05, 0) is 18.4 Å². The van der Waals surface area contributed by atoms with Crippen molar-refractivity contribution in [2.75, 3.05) is 6.54 Å². The average Bonchev–Trinajstić information content (AvgIpc) is 3.02. The second kappa shape index (κ2) is 7.92. The van der Waals surface area contributed by atoms with Gasteiger partial charge in [0, 0.05) is 25.9 Å². The van der Waals surface area contributed by atoms with Crippen molar-refractivity contribution in [3.63, 3.8) is 0 Å². The Kier molecular flexibility index (Phi) is 5.43. The third-order valence-corrected chi connectivity index (χ3v) is 4.16. The Morgan fingerprint density at radius 1 is 1.21 bits per heavy atom. The summed E-state index contributed by atoms with van der Waals surface area (Å²) < 4.78 is 2.08. The lowest BCUT2D eigenvalue weighted by Gasteiger charge is -2.15. The Hall–Kier alpha value is -2.41. The smallest absolute Gasteiger partial charge is 0.315 e. The number of aliphatic hydroxyl groups is 1. The molecule has 1 aromatic heterocycles. The summed E-state index contributed by atoms with van der Waals surface area (Å²) in [5.41, 5.74) is 1.04. The molecule has 3 N–H and O–H groups in total. The summed E-state index contributed by atoms with van der Waals surface area (Å²) in [4.78, 5) is 11.9. The first-order valence-corrected chi connectivity index (χ1v) is 8.37. The van der Waals surface area contributed by atoms with E-state index in [0.717, 1.165) is 43.0 Å². The highest BCUT2D eigenvalue weighted by Gasteiger charge is 2.16. The summed E-state index contributed by atoms with van der Waals surface area (Å²) in [5, 5.41) is 23.7. The van der Waals surface area contributed by atoms with Gasteiger partial charge in [-0.2, -0.15) is 0 Å². The molecule has 0 fully saturated rings. The largest absolute Gasteiger partial charge is 0.391 e. The normalized spacial score (nSPS) is 14.7. The monoisotopic (exact) mass is 329 g/mol. The molecular formula is C17H23N5O2. The first-order chi connectivity index (χ1) is 11.7. The number of rotatable bonds is 6. The van der Waals surface area contributed by atoms with Crippen LogP contribution in [0.2, 0.25) is 0 Å². The molecule has 0 bridgehead atoms. The Bertz CT molecular complexity index is 671. The number of carbonyl (C=O) groups is 1. The lowest BCUT2D eigenvalue weighted by molar-refractivity contribution is 0.170.